The van der Waals surface area contributed by atoms with Crippen molar-refractivity contribution in [1.29, 1.82) is 0 Å². The quantitative estimate of drug-likeness (QED) is 0.391. The molecular formula is C16H17N5O6. The van der Waals surface area contributed by atoms with E-state index < -0.39 is 24.7 Å². The van der Waals surface area contributed by atoms with Crippen molar-refractivity contribution in [3.63, 3.8) is 0 Å². The van der Waals surface area contributed by atoms with Gasteiger partial charge in [-0.1, -0.05) is 12.1 Å². The van der Waals surface area contributed by atoms with Crippen LogP contribution >= 0.6 is 0 Å². The molecule has 11 nitrogen and oxygen atoms in total. The van der Waals surface area contributed by atoms with Crippen LogP contribution in [0.5, 0.6) is 11.6 Å². The van der Waals surface area contributed by atoms with Crippen molar-refractivity contribution in [1.82, 2.24) is 19.5 Å². The first-order valence-corrected chi connectivity index (χ1v) is 8.04. The Morgan fingerprint density at radius 1 is 1.11 bits per heavy atom. The van der Waals surface area contributed by atoms with Crippen LogP contribution in [-0.4, -0.2) is 58.4 Å². The van der Waals surface area contributed by atoms with Gasteiger partial charge in [-0.25, -0.2) is 4.98 Å². The first-order valence-electron chi connectivity index (χ1n) is 8.04. The van der Waals surface area contributed by atoms with E-state index >= 15 is 0 Å². The van der Waals surface area contributed by atoms with E-state index in [0.29, 0.717) is 0 Å². The molecule has 3 heterocycles. The second kappa shape index (κ2) is 6.63. The number of ether oxygens (including phenoxy) is 2. The maximum absolute atomic E-state index is 10.1. The van der Waals surface area contributed by atoms with E-state index in [-0.39, 0.29) is 35.3 Å². The minimum absolute atomic E-state index is 0.0847. The minimum Gasteiger partial charge on any atom is -0.508 e. The van der Waals surface area contributed by atoms with Crippen LogP contribution in [0.15, 0.2) is 30.6 Å². The van der Waals surface area contributed by atoms with Crippen molar-refractivity contribution in [3.05, 3.63) is 36.2 Å². The van der Waals surface area contributed by atoms with E-state index in [0.717, 1.165) is 5.56 Å². The van der Waals surface area contributed by atoms with E-state index in [4.69, 9.17) is 15.2 Å². The fraction of sp³-hybridized carbons (Fsp3) is 0.312. The van der Waals surface area contributed by atoms with Gasteiger partial charge in [0.15, 0.2) is 23.7 Å². The Balaban J connectivity index is 1.65. The van der Waals surface area contributed by atoms with E-state index in [9.17, 15) is 20.4 Å². The van der Waals surface area contributed by atoms with Crippen LogP contribution in [0.2, 0.25) is 0 Å². The van der Waals surface area contributed by atoms with Gasteiger partial charge in [-0.3, -0.25) is 4.57 Å². The highest BCUT2D eigenvalue weighted by molar-refractivity contribution is 5.77. The van der Waals surface area contributed by atoms with E-state index in [1.165, 1.54) is 23.0 Å². The lowest BCUT2D eigenvalue weighted by Crippen LogP contribution is -2.31. The van der Waals surface area contributed by atoms with Crippen LogP contribution in [0, 0.1) is 0 Å². The summed E-state index contributed by atoms with van der Waals surface area (Å²) in [7, 11) is 0. The van der Waals surface area contributed by atoms with Crippen molar-refractivity contribution >= 4 is 17.1 Å². The molecule has 4 atom stereocenters. The van der Waals surface area contributed by atoms with Gasteiger partial charge >= 0.3 is 0 Å². The largest absolute Gasteiger partial charge is 0.508 e. The number of aromatic nitrogens is 4. The smallest absolute Gasteiger partial charge is 0.247 e. The lowest BCUT2D eigenvalue weighted by atomic mass is 10.2. The Bertz CT molecular complexity index is 962. The summed E-state index contributed by atoms with van der Waals surface area (Å²) in [5.41, 5.74) is 7.03. The number of nitrogen functional groups attached to an aromatic ring is 1. The summed E-state index contributed by atoms with van der Waals surface area (Å²) in [5, 5.41) is 38.7. The third-order valence-electron chi connectivity index (χ3n) is 4.21. The Kier molecular flexibility index (Phi) is 4.28. The van der Waals surface area contributed by atoms with Gasteiger partial charge in [0, 0.05) is 0 Å². The maximum Gasteiger partial charge on any atom is 0.247 e. The van der Waals surface area contributed by atoms with Crippen molar-refractivity contribution in [3.8, 4) is 11.6 Å². The molecule has 27 heavy (non-hydrogen) atoms. The molecule has 1 fully saturated rings. The Morgan fingerprint density at radius 2 is 1.85 bits per heavy atom. The zero-order chi connectivity index (χ0) is 19.1. The topological polar surface area (TPSA) is 169 Å². The van der Waals surface area contributed by atoms with Gasteiger partial charge in [-0.05, 0) is 17.7 Å². The summed E-state index contributed by atoms with van der Waals surface area (Å²) in [4.78, 5) is 12.3. The third-order valence-corrected chi connectivity index (χ3v) is 4.21. The molecule has 6 N–H and O–H groups in total. The zero-order valence-corrected chi connectivity index (χ0v) is 13.9. The van der Waals surface area contributed by atoms with Crippen molar-refractivity contribution < 1.29 is 29.9 Å². The number of benzene rings is 1. The summed E-state index contributed by atoms with van der Waals surface area (Å²) in [6.45, 7) is 0.151. The first-order chi connectivity index (χ1) is 12.9. The summed E-state index contributed by atoms with van der Waals surface area (Å²) in [6, 6.07) is 6.46. The lowest BCUT2D eigenvalue weighted by Gasteiger charge is -2.16. The molecule has 11 heteroatoms. The average molecular weight is 375 g/mol. The van der Waals surface area contributed by atoms with Crippen LogP contribution in [-0.2, 0) is 11.3 Å². The molecule has 0 saturated carbocycles. The molecule has 0 spiro atoms. The maximum atomic E-state index is 10.1. The van der Waals surface area contributed by atoms with Gasteiger partial charge in [0.1, 0.15) is 24.6 Å². The summed E-state index contributed by atoms with van der Waals surface area (Å²) in [6.07, 6.45) is -4.15. The molecule has 0 bridgehead atoms. The monoisotopic (exact) mass is 375 g/mol. The predicted molar refractivity (Wildman–Crippen MR) is 90.3 cm³/mol. The Hall–Kier alpha value is -2.99. The normalized spacial score (nSPS) is 25.1. The number of anilines is 1. The third kappa shape index (κ3) is 3.13. The Labute approximate surface area is 152 Å². The van der Waals surface area contributed by atoms with Gasteiger partial charge in [0.25, 0.3) is 0 Å². The highest BCUT2D eigenvalue weighted by atomic mass is 16.7. The molecule has 1 saturated heterocycles. The second-order valence-electron chi connectivity index (χ2n) is 6.06. The summed E-state index contributed by atoms with van der Waals surface area (Å²) in [5.74, 6) is 0.183. The van der Waals surface area contributed by atoms with E-state index in [1.54, 1.807) is 12.1 Å². The molecule has 0 aliphatic carbocycles. The van der Waals surface area contributed by atoms with E-state index in [2.05, 4.69) is 15.0 Å². The predicted octanol–water partition coefficient (Wildman–Crippen LogP) is -0.738. The number of rotatable bonds is 4. The molecule has 1 aliphatic heterocycles. The number of nitrogens with zero attached hydrogens (tertiary/aromatic N) is 4. The molecule has 142 valence electrons. The van der Waals surface area contributed by atoms with Crippen LogP contribution in [0.3, 0.4) is 0 Å². The zero-order valence-electron chi connectivity index (χ0n) is 13.9. The number of hydrogen-bond donors (Lipinski definition) is 5. The molecule has 4 rings (SSSR count). The number of aromatic hydroxyl groups is 1. The summed E-state index contributed by atoms with van der Waals surface area (Å²) < 4.78 is 12.2. The van der Waals surface area contributed by atoms with E-state index in [1.807, 2.05) is 0 Å². The molecule has 1 aromatic carbocycles. The molecule has 0 radical (unpaired) electrons. The van der Waals surface area contributed by atoms with Gasteiger partial charge in [-0.2, -0.15) is 9.97 Å². The number of hydrogen-bond acceptors (Lipinski definition) is 10. The van der Waals surface area contributed by atoms with Crippen molar-refractivity contribution in [2.24, 2.45) is 0 Å². The van der Waals surface area contributed by atoms with Gasteiger partial charge in [0.2, 0.25) is 11.8 Å². The fourth-order valence-electron chi connectivity index (χ4n) is 2.81. The van der Waals surface area contributed by atoms with Crippen LogP contribution in [0.1, 0.15) is 11.8 Å². The van der Waals surface area contributed by atoms with Gasteiger partial charge in [0.05, 0.1) is 6.33 Å². The number of aliphatic hydroxyl groups is 3. The van der Waals surface area contributed by atoms with Gasteiger partial charge in [-0.15, -0.1) is 0 Å². The molecule has 0 amide bonds. The molecule has 2 aromatic heterocycles. The fourth-order valence-corrected chi connectivity index (χ4v) is 2.81. The molecule has 3 aromatic rings. The van der Waals surface area contributed by atoms with Crippen LogP contribution < -0.4 is 10.5 Å². The van der Waals surface area contributed by atoms with Crippen molar-refractivity contribution in [2.75, 3.05) is 5.73 Å². The standard InChI is InChI=1S/C16H17N5O6/c17-16-19-12-9(13(20-16)26-5-7-1-3-8(22)4-2-7)18-6-21(12)14-10(23)11(24)15(25)27-14/h1-4,6,10-11,14-15,22-25H,5H2,(H2,17,19,20)/t10-,11?,14+,15-/m0/s1. The first kappa shape index (κ1) is 17.4. The number of nitrogens with two attached hydrogens (primary N) is 1. The molecule has 1 aliphatic rings. The number of fused-ring (bicyclic) bond motifs is 1. The average Bonchev–Trinajstić information content (AvgIpc) is 3.17. The SMILES string of the molecule is Nc1nc(OCc2ccc(O)cc2)c2ncn([C@@H]3O[C@H](O)C(O)[C@@H]3O)c2n1. The van der Waals surface area contributed by atoms with Crippen molar-refractivity contribution in [2.45, 2.75) is 31.3 Å². The van der Waals surface area contributed by atoms with Gasteiger partial charge < -0.3 is 35.6 Å². The minimum atomic E-state index is -1.54. The highest BCUT2D eigenvalue weighted by Crippen LogP contribution is 2.32. The highest BCUT2D eigenvalue weighted by Gasteiger charge is 2.43. The Morgan fingerprint density at radius 3 is 2.52 bits per heavy atom. The second-order valence-corrected chi connectivity index (χ2v) is 6.06. The van der Waals surface area contributed by atoms with Crippen LogP contribution in [0.25, 0.3) is 11.2 Å². The van der Waals surface area contributed by atoms with Crippen LogP contribution in [0.4, 0.5) is 5.95 Å². The number of aliphatic hydroxyl groups excluding tert-OH is 3. The molecule has 1 unspecified atom stereocenters. The lowest BCUT2D eigenvalue weighted by molar-refractivity contribution is -0.141. The number of phenols is 1. The summed E-state index contributed by atoms with van der Waals surface area (Å²) >= 11 is 0. The number of imidazole rings is 1. The number of phenolic OH excluding ortho intramolecular Hbond substituents is 1. The molecular weight excluding hydrogens is 358 g/mol.